The average Bonchev–Trinajstić information content (AvgIpc) is 2.70. The molecule has 2 N–H and O–H groups in total. The molecule has 0 saturated carbocycles. The van der Waals surface area contributed by atoms with E-state index in [1.54, 1.807) is 48.5 Å². The standard InChI is InChI=1S/C21H29ClN4O2S/c1-17(16-26-12-10-25(2)11-13-26)23-15-18-14-19(22)8-9-21(18)24-29(27,28)20-6-4-3-5-7-20/h3-9,14,17,23-24H,10-13,15-16H2,1-2H3. The van der Waals surface area contributed by atoms with Crippen molar-refractivity contribution in [2.45, 2.75) is 24.4 Å². The van der Waals surface area contributed by atoms with Gasteiger partial charge in [0.05, 0.1) is 10.6 Å². The predicted octanol–water partition coefficient (Wildman–Crippen LogP) is 2.87. The topological polar surface area (TPSA) is 64.7 Å². The largest absolute Gasteiger partial charge is 0.309 e. The highest BCUT2D eigenvalue weighted by molar-refractivity contribution is 7.92. The first-order valence-electron chi connectivity index (χ1n) is 9.84. The fourth-order valence-electron chi connectivity index (χ4n) is 3.38. The zero-order chi connectivity index (χ0) is 20.9. The molecule has 1 saturated heterocycles. The summed E-state index contributed by atoms with van der Waals surface area (Å²) >= 11 is 6.17. The molecule has 3 rings (SSSR count). The van der Waals surface area contributed by atoms with Crippen molar-refractivity contribution in [3.8, 4) is 0 Å². The maximum Gasteiger partial charge on any atom is 0.261 e. The molecule has 1 aliphatic rings. The van der Waals surface area contributed by atoms with Gasteiger partial charge in [0, 0.05) is 50.3 Å². The molecular weight excluding hydrogens is 408 g/mol. The summed E-state index contributed by atoms with van der Waals surface area (Å²) in [5, 5.41) is 4.08. The maximum absolute atomic E-state index is 12.7. The van der Waals surface area contributed by atoms with Crippen LogP contribution in [0.1, 0.15) is 12.5 Å². The lowest BCUT2D eigenvalue weighted by molar-refractivity contribution is 0.144. The first kappa shape index (κ1) is 22.1. The zero-order valence-electron chi connectivity index (χ0n) is 16.9. The Kier molecular flexibility index (Phi) is 7.54. The Balaban J connectivity index is 1.64. The van der Waals surface area contributed by atoms with Gasteiger partial charge in [-0.05, 0) is 49.9 Å². The summed E-state index contributed by atoms with van der Waals surface area (Å²) in [6, 6.07) is 13.8. The Bertz CT molecular complexity index is 900. The van der Waals surface area contributed by atoms with E-state index in [-0.39, 0.29) is 10.9 Å². The first-order chi connectivity index (χ1) is 13.8. The van der Waals surface area contributed by atoms with Crippen LogP contribution in [0.2, 0.25) is 5.02 Å². The van der Waals surface area contributed by atoms with Crippen molar-refractivity contribution in [2.75, 3.05) is 44.5 Å². The molecule has 29 heavy (non-hydrogen) atoms. The third kappa shape index (κ3) is 6.42. The van der Waals surface area contributed by atoms with Crippen molar-refractivity contribution >= 4 is 27.3 Å². The Morgan fingerprint density at radius 2 is 1.76 bits per heavy atom. The molecule has 0 spiro atoms. The Hall–Kier alpha value is -1.64. The van der Waals surface area contributed by atoms with Crippen LogP contribution in [0.4, 0.5) is 5.69 Å². The molecule has 1 heterocycles. The number of rotatable bonds is 8. The summed E-state index contributed by atoms with van der Waals surface area (Å²) in [7, 11) is -1.50. The lowest BCUT2D eigenvalue weighted by atomic mass is 10.1. The number of sulfonamides is 1. The molecule has 158 valence electrons. The number of benzene rings is 2. The summed E-state index contributed by atoms with van der Waals surface area (Å²) in [5.74, 6) is 0. The van der Waals surface area contributed by atoms with Crippen LogP contribution in [0.15, 0.2) is 53.4 Å². The van der Waals surface area contributed by atoms with E-state index in [1.165, 1.54) is 0 Å². The van der Waals surface area contributed by atoms with E-state index in [9.17, 15) is 8.42 Å². The van der Waals surface area contributed by atoms with Gasteiger partial charge in [-0.25, -0.2) is 8.42 Å². The Morgan fingerprint density at radius 1 is 1.07 bits per heavy atom. The average molecular weight is 437 g/mol. The van der Waals surface area contributed by atoms with Gasteiger partial charge in [0.1, 0.15) is 0 Å². The molecule has 0 radical (unpaired) electrons. The van der Waals surface area contributed by atoms with Crippen molar-refractivity contribution in [1.29, 1.82) is 0 Å². The molecule has 1 atom stereocenters. The molecule has 8 heteroatoms. The molecule has 0 aromatic heterocycles. The second-order valence-electron chi connectivity index (χ2n) is 7.61. The zero-order valence-corrected chi connectivity index (χ0v) is 18.5. The molecule has 1 fully saturated rings. The highest BCUT2D eigenvalue weighted by Crippen LogP contribution is 2.24. The normalized spacial score (nSPS) is 17.2. The minimum absolute atomic E-state index is 0.234. The molecule has 2 aromatic rings. The van der Waals surface area contributed by atoms with Gasteiger partial charge in [-0.15, -0.1) is 0 Å². The summed E-state index contributed by atoms with van der Waals surface area (Å²) in [5.41, 5.74) is 1.36. The van der Waals surface area contributed by atoms with E-state index in [0.29, 0.717) is 17.3 Å². The Labute approximate surface area is 178 Å². The first-order valence-corrected chi connectivity index (χ1v) is 11.7. The van der Waals surface area contributed by atoms with Crippen molar-refractivity contribution in [3.05, 3.63) is 59.1 Å². The maximum atomic E-state index is 12.7. The van der Waals surface area contributed by atoms with Crippen molar-refractivity contribution in [3.63, 3.8) is 0 Å². The van der Waals surface area contributed by atoms with Crippen LogP contribution in [0.25, 0.3) is 0 Å². The van der Waals surface area contributed by atoms with E-state index in [2.05, 4.69) is 33.8 Å². The number of nitrogens with one attached hydrogen (secondary N) is 2. The fraction of sp³-hybridized carbons (Fsp3) is 0.429. The minimum atomic E-state index is -3.65. The van der Waals surface area contributed by atoms with E-state index in [1.807, 2.05) is 0 Å². The number of hydrogen-bond acceptors (Lipinski definition) is 5. The van der Waals surface area contributed by atoms with E-state index >= 15 is 0 Å². The van der Waals surface area contributed by atoms with Crippen LogP contribution >= 0.6 is 11.6 Å². The quantitative estimate of drug-likeness (QED) is 0.666. The molecule has 1 aliphatic heterocycles. The monoisotopic (exact) mass is 436 g/mol. The van der Waals surface area contributed by atoms with Crippen LogP contribution in [0, 0.1) is 0 Å². The van der Waals surface area contributed by atoms with Gasteiger partial charge in [0.2, 0.25) is 0 Å². The van der Waals surface area contributed by atoms with Gasteiger partial charge in [-0.1, -0.05) is 29.8 Å². The minimum Gasteiger partial charge on any atom is -0.309 e. The smallest absolute Gasteiger partial charge is 0.261 e. The lowest BCUT2D eigenvalue weighted by Gasteiger charge is -2.34. The highest BCUT2D eigenvalue weighted by Gasteiger charge is 2.18. The second-order valence-corrected chi connectivity index (χ2v) is 9.72. The summed E-state index contributed by atoms with van der Waals surface area (Å²) < 4.78 is 28.1. The van der Waals surface area contributed by atoms with Crippen LogP contribution in [-0.2, 0) is 16.6 Å². The van der Waals surface area contributed by atoms with E-state index < -0.39 is 10.0 Å². The molecule has 0 aliphatic carbocycles. The Morgan fingerprint density at radius 3 is 2.45 bits per heavy atom. The summed E-state index contributed by atoms with van der Waals surface area (Å²) in [6.45, 7) is 7.96. The van der Waals surface area contributed by atoms with Gasteiger partial charge in [-0.3, -0.25) is 9.62 Å². The fourth-order valence-corrected chi connectivity index (χ4v) is 4.69. The SMILES string of the molecule is CC(CN1CCN(C)CC1)NCc1cc(Cl)ccc1NS(=O)(=O)c1ccccc1. The van der Waals surface area contributed by atoms with E-state index in [0.717, 1.165) is 38.3 Å². The van der Waals surface area contributed by atoms with E-state index in [4.69, 9.17) is 11.6 Å². The van der Waals surface area contributed by atoms with Crippen LogP contribution in [-0.4, -0.2) is 64.0 Å². The molecule has 6 nitrogen and oxygen atoms in total. The van der Waals surface area contributed by atoms with Crippen molar-refractivity contribution in [1.82, 2.24) is 15.1 Å². The number of anilines is 1. The lowest BCUT2D eigenvalue weighted by Crippen LogP contribution is -2.48. The van der Waals surface area contributed by atoms with Gasteiger partial charge < -0.3 is 10.2 Å². The van der Waals surface area contributed by atoms with Gasteiger partial charge in [0.25, 0.3) is 10.0 Å². The molecule has 2 aromatic carbocycles. The van der Waals surface area contributed by atoms with Crippen molar-refractivity contribution in [2.24, 2.45) is 0 Å². The van der Waals surface area contributed by atoms with Crippen LogP contribution < -0.4 is 10.0 Å². The molecule has 1 unspecified atom stereocenters. The number of halogens is 1. The predicted molar refractivity (Wildman–Crippen MR) is 119 cm³/mol. The van der Waals surface area contributed by atoms with Gasteiger partial charge in [0.15, 0.2) is 0 Å². The van der Waals surface area contributed by atoms with Crippen LogP contribution in [0.5, 0.6) is 0 Å². The van der Waals surface area contributed by atoms with Crippen molar-refractivity contribution < 1.29 is 8.42 Å². The number of nitrogens with zero attached hydrogens (tertiary/aromatic N) is 2. The number of hydrogen-bond donors (Lipinski definition) is 2. The van der Waals surface area contributed by atoms with Crippen LogP contribution in [0.3, 0.4) is 0 Å². The summed E-state index contributed by atoms with van der Waals surface area (Å²) in [4.78, 5) is 5.03. The third-order valence-electron chi connectivity index (χ3n) is 5.13. The summed E-state index contributed by atoms with van der Waals surface area (Å²) in [6.07, 6.45) is 0. The third-order valence-corrected chi connectivity index (χ3v) is 6.75. The van der Waals surface area contributed by atoms with Gasteiger partial charge in [-0.2, -0.15) is 0 Å². The molecule has 0 bridgehead atoms. The molecular formula is C21H29ClN4O2S. The number of likely N-dealkylation sites (N-methyl/N-ethyl adjacent to an activating group) is 1. The number of piperazine rings is 1. The van der Waals surface area contributed by atoms with Gasteiger partial charge >= 0.3 is 0 Å². The molecule has 0 amide bonds. The second kappa shape index (κ2) is 9.91. The highest BCUT2D eigenvalue weighted by atomic mass is 35.5.